The Labute approximate surface area is 78.4 Å². The van der Waals surface area contributed by atoms with Crippen LogP contribution in [-0.2, 0) is 6.42 Å². The van der Waals surface area contributed by atoms with Crippen LogP contribution in [0.4, 0.5) is 0 Å². The van der Waals surface area contributed by atoms with Crippen LogP contribution in [0.1, 0.15) is 12.1 Å². The molecule has 66 valence electrons. The summed E-state index contributed by atoms with van der Waals surface area (Å²) in [5.41, 5.74) is 1.07. The smallest absolute Gasteiger partial charge is 0.213 e. The van der Waals surface area contributed by atoms with Crippen molar-refractivity contribution in [1.29, 1.82) is 0 Å². The van der Waals surface area contributed by atoms with Crippen molar-refractivity contribution in [2.24, 2.45) is 0 Å². The highest BCUT2D eigenvalue weighted by molar-refractivity contribution is 7.80. The summed E-state index contributed by atoms with van der Waals surface area (Å²) in [4.78, 5) is 4.27. The number of hydrogen-bond acceptors (Lipinski definition) is 3. The summed E-state index contributed by atoms with van der Waals surface area (Å²) in [7, 11) is 1.63. The Morgan fingerprint density at radius 1 is 1.50 bits per heavy atom. The van der Waals surface area contributed by atoms with E-state index >= 15 is 0 Å². The maximum Gasteiger partial charge on any atom is 0.213 e. The largest absolute Gasteiger partial charge is 0.481 e. The van der Waals surface area contributed by atoms with Crippen molar-refractivity contribution in [3.05, 3.63) is 23.9 Å². The Bertz CT molecular complexity index is 240. The molecule has 0 fully saturated rings. The third-order valence-corrected chi connectivity index (χ3v) is 1.90. The lowest BCUT2D eigenvalue weighted by molar-refractivity contribution is 0.396. The third-order valence-electron chi connectivity index (χ3n) is 1.58. The van der Waals surface area contributed by atoms with Gasteiger partial charge in [-0.3, -0.25) is 0 Å². The number of methoxy groups -OCH3 is 1. The maximum absolute atomic E-state index is 5.00. The van der Waals surface area contributed by atoms with Gasteiger partial charge in [0.1, 0.15) is 0 Å². The summed E-state index contributed by atoms with van der Waals surface area (Å²) in [6, 6.07) is 5.82. The summed E-state index contributed by atoms with van der Waals surface area (Å²) in [5, 5.41) is 0. The monoisotopic (exact) mass is 183 g/mol. The lowest BCUT2D eigenvalue weighted by atomic mass is 10.2. The molecule has 0 amide bonds. The fourth-order valence-electron chi connectivity index (χ4n) is 0.971. The molecule has 0 aliphatic heterocycles. The first-order valence-electron chi connectivity index (χ1n) is 3.97. The van der Waals surface area contributed by atoms with E-state index in [0.717, 1.165) is 24.3 Å². The molecule has 12 heavy (non-hydrogen) atoms. The predicted molar refractivity (Wildman–Crippen MR) is 53.0 cm³/mol. The van der Waals surface area contributed by atoms with Crippen molar-refractivity contribution < 1.29 is 4.74 Å². The lowest BCUT2D eigenvalue weighted by Crippen LogP contribution is -1.93. The van der Waals surface area contributed by atoms with Crippen LogP contribution in [0.3, 0.4) is 0 Å². The summed E-state index contributed by atoms with van der Waals surface area (Å²) >= 11 is 4.14. The molecule has 0 aliphatic rings. The van der Waals surface area contributed by atoms with Gasteiger partial charge in [0.05, 0.1) is 7.11 Å². The van der Waals surface area contributed by atoms with Crippen molar-refractivity contribution in [2.75, 3.05) is 12.9 Å². The Morgan fingerprint density at radius 2 is 2.33 bits per heavy atom. The zero-order chi connectivity index (χ0) is 8.81. The average Bonchev–Trinajstić information content (AvgIpc) is 2.15. The van der Waals surface area contributed by atoms with Crippen molar-refractivity contribution in [1.82, 2.24) is 4.98 Å². The molecule has 0 aromatic carbocycles. The zero-order valence-electron chi connectivity index (χ0n) is 7.16. The fraction of sp³-hybridized carbons (Fsp3) is 0.444. The maximum atomic E-state index is 5.00. The number of aromatic nitrogens is 1. The molecule has 0 N–H and O–H groups in total. The Balaban J connectivity index is 2.60. The molecular formula is C9H13NOS. The number of hydrogen-bond donors (Lipinski definition) is 1. The van der Waals surface area contributed by atoms with E-state index in [1.807, 2.05) is 18.2 Å². The van der Waals surface area contributed by atoms with E-state index in [1.54, 1.807) is 7.11 Å². The number of pyridine rings is 1. The van der Waals surface area contributed by atoms with Crippen molar-refractivity contribution in [3.63, 3.8) is 0 Å². The number of rotatable bonds is 4. The summed E-state index contributed by atoms with van der Waals surface area (Å²) in [5.74, 6) is 1.59. The molecule has 1 aromatic rings. The quantitative estimate of drug-likeness (QED) is 0.721. The van der Waals surface area contributed by atoms with Crippen LogP contribution in [0, 0.1) is 0 Å². The van der Waals surface area contributed by atoms with Gasteiger partial charge in [-0.1, -0.05) is 6.07 Å². The first-order valence-corrected chi connectivity index (χ1v) is 4.61. The Morgan fingerprint density at radius 3 is 3.00 bits per heavy atom. The molecule has 1 aromatic heterocycles. The van der Waals surface area contributed by atoms with Gasteiger partial charge >= 0.3 is 0 Å². The number of ether oxygens (including phenoxy) is 1. The van der Waals surface area contributed by atoms with Crippen molar-refractivity contribution in [2.45, 2.75) is 12.8 Å². The van der Waals surface area contributed by atoms with E-state index < -0.39 is 0 Å². The van der Waals surface area contributed by atoms with Gasteiger partial charge in [-0.2, -0.15) is 12.6 Å². The zero-order valence-corrected chi connectivity index (χ0v) is 8.05. The summed E-state index contributed by atoms with van der Waals surface area (Å²) in [6.07, 6.45) is 2.03. The Hall–Kier alpha value is -0.700. The van der Waals surface area contributed by atoms with Crippen LogP contribution in [0.5, 0.6) is 5.88 Å². The molecule has 0 saturated heterocycles. The molecule has 0 saturated carbocycles. The fourth-order valence-corrected chi connectivity index (χ4v) is 1.13. The van der Waals surface area contributed by atoms with Crippen LogP contribution >= 0.6 is 12.6 Å². The molecule has 0 radical (unpaired) electrons. The molecule has 1 heterocycles. The first-order chi connectivity index (χ1) is 5.86. The molecule has 0 unspecified atom stereocenters. The van der Waals surface area contributed by atoms with Crippen LogP contribution in [0.25, 0.3) is 0 Å². The van der Waals surface area contributed by atoms with Gasteiger partial charge in [0.15, 0.2) is 0 Å². The minimum Gasteiger partial charge on any atom is -0.481 e. The molecular weight excluding hydrogens is 170 g/mol. The number of aryl methyl sites for hydroxylation is 1. The summed E-state index contributed by atoms with van der Waals surface area (Å²) < 4.78 is 5.00. The number of thiol groups is 1. The number of nitrogens with zero attached hydrogens (tertiary/aromatic N) is 1. The topological polar surface area (TPSA) is 22.1 Å². The second-order valence-corrected chi connectivity index (χ2v) is 2.95. The van der Waals surface area contributed by atoms with Gasteiger partial charge in [0, 0.05) is 11.8 Å². The van der Waals surface area contributed by atoms with Crippen molar-refractivity contribution >= 4 is 12.6 Å². The molecule has 0 spiro atoms. The van der Waals surface area contributed by atoms with Gasteiger partial charge in [0.2, 0.25) is 5.88 Å². The van der Waals surface area contributed by atoms with Gasteiger partial charge in [-0.25, -0.2) is 4.98 Å². The average molecular weight is 183 g/mol. The highest BCUT2D eigenvalue weighted by atomic mass is 32.1. The predicted octanol–water partition coefficient (Wildman–Crippen LogP) is 1.95. The Kier molecular flexibility index (Phi) is 3.94. The molecule has 1 rings (SSSR count). The van der Waals surface area contributed by atoms with Crippen LogP contribution < -0.4 is 4.74 Å². The molecule has 0 bridgehead atoms. The van der Waals surface area contributed by atoms with Gasteiger partial charge < -0.3 is 4.74 Å². The van der Waals surface area contributed by atoms with E-state index in [0.29, 0.717) is 5.88 Å². The van der Waals surface area contributed by atoms with Crippen LogP contribution in [0.2, 0.25) is 0 Å². The summed E-state index contributed by atoms with van der Waals surface area (Å²) in [6.45, 7) is 0. The first kappa shape index (κ1) is 9.39. The lowest BCUT2D eigenvalue weighted by Gasteiger charge is -2.01. The van der Waals surface area contributed by atoms with E-state index in [1.165, 1.54) is 0 Å². The molecule has 3 heteroatoms. The third kappa shape index (κ3) is 2.74. The normalized spacial score (nSPS) is 9.83. The minimum atomic E-state index is 0.687. The van der Waals surface area contributed by atoms with E-state index in [2.05, 4.69) is 17.6 Å². The molecule has 0 aliphatic carbocycles. The highest BCUT2D eigenvalue weighted by Crippen LogP contribution is 2.08. The van der Waals surface area contributed by atoms with Gasteiger partial charge in [0.25, 0.3) is 0 Å². The second-order valence-electron chi connectivity index (χ2n) is 2.50. The van der Waals surface area contributed by atoms with Gasteiger partial charge in [-0.15, -0.1) is 0 Å². The van der Waals surface area contributed by atoms with E-state index in [9.17, 15) is 0 Å². The standard InChI is InChI=1S/C9H13NOS/c1-11-9-6-2-4-8(10-9)5-3-7-12/h2,4,6,12H,3,5,7H2,1H3. The SMILES string of the molecule is COc1cccc(CCCS)n1. The second kappa shape index (κ2) is 5.04. The molecule has 2 nitrogen and oxygen atoms in total. The van der Waals surface area contributed by atoms with Crippen LogP contribution in [-0.4, -0.2) is 17.8 Å². The van der Waals surface area contributed by atoms with E-state index in [4.69, 9.17) is 4.74 Å². The molecule has 0 atom stereocenters. The van der Waals surface area contributed by atoms with Crippen LogP contribution in [0.15, 0.2) is 18.2 Å². The van der Waals surface area contributed by atoms with Gasteiger partial charge in [-0.05, 0) is 24.7 Å². The van der Waals surface area contributed by atoms with E-state index in [-0.39, 0.29) is 0 Å². The minimum absolute atomic E-state index is 0.687. The van der Waals surface area contributed by atoms with Crippen molar-refractivity contribution in [3.8, 4) is 5.88 Å². The highest BCUT2D eigenvalue weighted by Gasteiger charge is 1.95.